The van der Waals surface area contributed by atoms with Crippen LogP contribution >= 0.6 is 33.0 Å². The molecule has 0 aliphatic heterocycles. The first-order chi connectivity index (χ1) is 6.70. The lowest BCUT2D eigenvalue weighted by Gasteiger charge is -1.92. The molecule has 0 aliphatic carbocycles. The molecule has 0 heterocycles. The van der Waals surface area contributed by atoms with E-state index in [1.54, 1.807) is 24.3 Å². The minimum Gasteiger partial charge on any atom is -0.295 e. The van der Waals surface area contributed by atoms with Crippen molar-refractivity contribution in [2.24, 2.45) is 0 Å². The predicted octanol–water partition coefficient (Wildman–Crippen LogP) is 3.25. The highest BCUT2D eigenvalue weighted by Crippen LogP contribution is 2.09. The summed E-state index contributed by atoms with van der Waals surface area (Å²) < 4.78 is 18.3. The lowest BCUT2D eigenvalue weighted by molar-refractivity contribution is 0.101. The van der Waals surface area contributed by atoms with E-state index in [0.717, 1.165) is 0 Å². The van der Waals surface area contributed by atoms with E-state index < -0.39 is 8.26 Å². The lowest BCUT2D eigenvalue weighted by atomic mass is 10.2. The Hall–Kier alpha value is -0.290. The van der Waals surface area contributed by atoms with Crippen molar-refractivity contribution < 1.29 is 13.2 Å². The Balaban J connectivity index is 0.000000336. The van der Waals surface area contributed by atoms with E-state index in [9.17, 15) is 4.79 Å². The van der Waals surface area contributed by atoms with Gasteiger partial charge < -0.3 is 0 Å². The third-order valence-corrected chi connectivity index (χ3v) is 1.50. The van der Waals surface area contributed by atoms with Crippen LogP contribution in [-0.2, 0) is 8.26 Å². The minimum absolute atomic E-state index is 0.0664. The van der Waals surface area contributed by atoms with Crippen molar-refractivity contribution in [2.75, 3.05) is 0 Å². The van der Waals surface area contributed by atoms with Crippen LogP contribution in [0.3, 0.4) is 0 Å². The second kappa shape index (κ2) is 6.33. The Labute approximate surface area is 102 Å². The molecule has 0 spiro atoms. The fraction of sp³-hybridized carbons (Fsp3) is 0.125. The maximum atomic E-state index is 10.7. The summed E-state index contributed by atoms with van der Waals surface area (Å²) in [6.45, 7) is 1.53. The van der Waals surface area contributed by atoms with Crippen molar-refractivity contribution in [2.45, 2.75) is 6.92 Å². The van der Waals surface area contributed by atoms with E-state index in [-0.39, 0.29) is 5.78 Å². The van der Waals surface area contributed by atoms with Gasteiger partial charge in [-0.15, -0.1) is 0 Å². The molecule has 15 heavy (non-hydrogen) atoms. The minimum atomic E-state index is -3.72. The molecule has 7 heteroatoms. The van der Waals surface area contributed by atoms with Crippen LogP contribution in [0.4, 0.5) is 0 Å². The van der Waals surface area contributed by atoms with Crippen molar-refractivity contribution in [3.05, 3.63) is 34.9 Å². The molecule has 0 N–H and O–H groups in total. The lowest BCUT2D eigenvalue weighted by Crippen LogP contribution is -1.89. The quantitative estimate of drug-likeness (QED) is 0.589. The van der Waals surface area contributed by atoms with Gasteiger partial charge in [0.25, 0.3) is 0 Å². The van der Waals surface area contributed by atoms with Crippen LogP contribution in [0.2, 0.25) is 5.02 Å². The molecular weight excluding hydrogens is 283 g/mol. The van der Waals surface area contributed by atoms with E-state index in [2.05, 4.69) is 21.4 Å². The van der Waals surface area contributed by atoms with Gasteiger partial charge in [-0.1, -0.05) is 11.6 Å². The number of benzene rings is 1. The maximum absolute atomic E-state index is 10.7. The van der Waals surface area contributed by atoms with Crippen molar-refractivity contribution in [1.29, 1.82) is 0 Å². The van der Waals surface area contributed by atoms with Crippen LogP contribution < -0.4 is 0 Å². The fourth-order valence-electron chi connectivity index (χ4n) is 0.685. The Morgan fingerprint density at radius 3 is 1.73 bits per heavy atom. The first-order valence-corrected chi connectivity index (χ1v) is 7.12. The van der Waals surface area contributed by atoms with Gasteiger partial charge in [0.15, 0.2) is 5.78 Å². The summed E-state index contributed by atoms with van der Waals surface area (Å²) in [5, 5.41) is 0.657. The molecular formula is C8H7Cl3O3S. The van der Waals surface area contributed by atoms with Crippen molar-refractivity contribution in [1.82, 2.24) is 0 Å². The number of hydrogen-bond acceptors (Lipinski definition) is 3. The topological polar surface area (TPSA) is 51.2 Å². The van der Waals surface area contributed by atoms with Gasteiger partial charge in [0.05, 0.1) is 0 Å². The number of Topliss-reactive ketones (excluding diaryl/α,β-unsaturated/α-hetero) is 1. The monoisotopic (exact) mass is 288 g/mol. The van der Waals surface area contributed by atoms with Gasteiger partial charge >= 0.3 is 8.26 Å². The molecule has 0 bridgehead atoms. The number of hydrogen-bond donors (Lipinski definition) is 0. The van der Waals surface area contributed by atoms with Gasteiger partial charge in [0.1, 0.15) is 0 Å². The highest BCUT2D eigenvalue weighted by Gasteiger charge is 1.95. The summed E-state index contributed by atoms with van der Waals surface area (Å²) >= 11 is 5.61. The van der Waals surface area contributed by atoms with Crippen molar-refractivity contribution >= 4 is 47.0 Å². The molecule has 3 nitrogen and oxygen atoms in total. The molecule has 0 fully saturated rings. The largest absolute Gasteiger partial charge is 0.317 e. The average molecular weight is 290 g/mol. The molecule has 0 amide bonds. The average Bonchev–Trinajstić information content (AvgIpc) is 2.01. The summed E-state index contributed by atoms with van der Waals surface area (Å²) in [6.07, 6.45) is 0. The zero-order valence-corrected chi connectivity index (χ0v) is 10.7. The van der Waals surface area contributed by atoms with E-state index >= 15 is 0 Å². The van der Waals surface area contributed by atoms with Gasteiger partial charge in [0.2, 0.25) is 0 Å². The number of carbonyl (C=O) groups excluding carboxylic acids is 1. The molecule has 1 rings (SSSR count). The van der Waals surface area contributed by atoms with Crippen molar-refractivity contribution in [3.63, 3.8) is 0 Å². The molecule has 0 saturated heterocycles. The van der Waals surface area contributed by atoms with E-state index in [1.165, 1.54) is 6.92 Å². The van der Waals surface area contributed by atoms with Gasteiger partial charge in [0, 0.05) is 32.0 Å². The molecule has 84 valence electrons. The summed E-state index contributed by atoms with van der Waals surface area (Å²) in [5.41, 5.74) is 0.699. The fourth-order valence-corrected chi connectivity index (χ4v) is 0.811. The Morgan fingerprint density at radius 2 is 1.47 bits per heavy atom. The van der Waals surface area contributed by atoms with E-state index in [0.29, 0.717) is 10.6 Å². The predicted molar refractivity (Wildman–Crippen MR) is 62.1 cm³/mol. The third kappa shape index (κ3) is 10.0. The molecule has 0 saturated carbocycles. The molecule has 1 aromatic rings. The first kappa shape index (κ1) is 14.7. The molecule has 0 radical (unpaired) electrons. The molecule has 0 aromatic heterocycles. The van der Waals surface area contributed by atoms with Gasteiger partial charge in [-0.05, 0) is 31.2 Å². The summed E-state index contributed by atoms with van der Waals surface area (Å²) in [7, 11) is 4.81. The summed E-state index contributed by atoms with van der Waals surface area (Å²) in [4.78, 5) is 10.7. The smallest absolute Gasteiger partial charge is 0.295 e. The number of halogens is 3. The molecule has 1 aromatic carbocycles. The highest BCUT2D eigenvalue weighted by atomic mass is 36.0. The highest BCUT2D eigenvalue weighted by molar-refractivity contribution is 8.31. The Bertz CT molecular complexity index is 417. The third-order valence-electron chi connectivity index (χ3n) is 1.25. The zero-order chi connectivity index (χ0) is 12.1. The second-order valence-corrected chi connectivity index (χ2v) is 6.55. The second-order valence-electron chi connectivity index (χ2n) is 2.44. The first-order valence-electron chi connectivity index (χ1n) is 3.61. The van der Waals surface area contributed by atoms with Crippen LogP contribution in [0.1, 0.15) is 17.3 Å². The molecule has 0 aliphatic rings. The van der Waals surface area contributed by atoms with Crippen LogP contribution in [0.25, 0.3) is 0 Å². The Morgan fingerprint density at radius 1 is 1.13 bits per heavy atom. The maximum Gasteiger partial charge on any atom is 0.317 e. The standard InChI is InChI=1S/C8H7ClO.Cl2O2S/c1-6(10)7-2-4-8(9)5-3-7;1-5(2,3)4/h2-5H,1H3;. The van der Waals surface area contributed by atoms with E-state index in [1.807, 2.05) is 0 Å². The molecule has 0 atom stereocenters. The van der Waals surface area contributed by atoms with Crippen LogP contribution in [0.15, 0.2) is 24.3 Å². The zero-order valence-electron chi connectivity index (χ0n) is 7.58. The van der Waals surface area contributed by atoms with Crippen molar-refractivity contribution in [3.8, 4) is 0 Å². The SMILES string of the molecule is CC(=O)c1ccc(Cl)cc1.O=S(=O)(Cl)Cl. The molecule has 0 unspecified atom stereocenters. The van der Waals surface area contributed by atoms with Gasteiger partial charge in [-0.2, -0.15) is 8.42 Å². The summed E-state index contributed by atoms with van der Waals surface area (Å²) in [6, 6.07) is 6.84. The Kier molecular flexibility index (Phi) is 6.20. The van der Waals surface area contributed by atoms with Crippen LogP contribution in [-0.4, -0.2) is 14.2 Å². The van der Waals surface area contributed by atoms with E-state index in [4.69, 9.17) is 20.0 Å². The number of rotatable bonds is 1. The normalized spacial score (nSPS) is 10.1. The van der Waals surface area contributed by atoms with Crippen LogP contribution in [0, 0.1) is 0 Å². The number of carbonyl (C=O) groups is 1. The summed E-state index contributed by atoms with van der Waals surface area (Å²) in [5.74, 6) is 0.0664. The van der Waals surface area contributed by atoms with Crippen LogP contribution in [0.5, 0.6) is 0 Å². The van der Waals surface area contributed by atoms with Gasteiger partial charge in [-0.25, -0.2) is 0 Å². The number of ketones is 1. The van der Waals surface area contributed by atoms with Gasteiger partial charge in [-0.3, -0.25) is 4.79 Å².